The predicted molar refractivity (Wildman–Crippen MR) is 54.0 cm³/mol. The Morgan fingerprint density at radius 1 is 1.19 bits per heavy atom. The second kappa shape index (κ2) is 4.22. The van der Waals surface area contributed by atoms with Crippen LogP contribution in [0.2, 0.25) is 0 Å². The van der Waals surface area contributed by atoms with Gasteiger partial charge >= 0.3 is 5.69 Å². The molecule has 0 bridgehead atoms. The van der Waals surface area contributed by atoms with E-state index in [-0.39, 0.29) is 6.54 Å². The van der Waals surface area contributed by atoms with Crippen molar-refractivity contribution in [3.63, 3.8) is 0 Å². The van der Waals surface area contributed by atoms with Crippen molar-refractivity contribution in [2.24, 2.45) is 0 Å². The Bertz CT molecular complexity index is 546. The zero-order chi connectivity index (χ0) is 11.5. The van der Waals surface area contributed by atoms with Crippen LogP contribution in [0.5, 0.6) is 0 Å². The van der Waals surface area contributed by atoms with Gasteiger partial charge in [0, 0.05) is 18.5 Å². The molecule has 0 fully saturated rings. The topological polar surface area (TPSA) is 34.9 Å². The van der Waals surface area contributed by atoms with Gasteiger partial charge in [-0.1, -0.05) is 0 Å². The molecule has 0 amide bonds. The van der Waals surface area contributed by atoms with E-state index >= 15 is 0 Å². The highest BCUT2D eigenvalue weighted by Gasteiger charge is 2.02. The van der Waals surface area contributed by atoms with E-state index in [1.807, 2.05) is 0 Å². The molecule has 0 spiro atoms. The zero-order valence-corrected chi connectivity index (χ0v) is 8.23. The molecule has 82 valence electrons. The van der Waals surface area contributed by atoms with Crippen LogP contribution in [0.15, 0.2) is 41.5 Å². The lowest BCUT2D eigenvalue weighted by Crippen LogP contribution is -2.21. The molecule has 5 heteroatoms. The summed E-state index contributed by atoms with van der Waals surface area (Å²) in [6.07, 6.45) is 2.88. The molecule has 16 heavy (non-hydrogen) atoms. The number of hydrogen-bond donors (Lipinski definition) is 0. The maximum absolute atomic E-state index is 12.9. The van der Waals surface area contributed by atoms with Crippen LogP contribution < -0.4 is 5.69 Å². The molecule has 1 aromatic carbocycles. The Morgan fingerprint density at radius 3 is 2.50 bits per heavy atom. The van der Waals surface area contributed by atoms with E-state index < -0.39 is 17.3 Å². The third-order valence-corrected chi connectivity index (χ3v) is 2.06. The first kappa shape index (κ1) is 10.5. The van der Waals surface area contributed by atoms with Crippen LogP contribution in [-0.2, 0) is 6.54 Å². The van der Waals surface area contributed by atoms with Gasteiger partial charge in [0.25, 0.3) is 0 Å². The lowest BCUT2D eigenvalue weighted by atomic mass is 10.2. The highest BCUT2D eigenvalue weighted by Crippen LogP contribution is 2.08. The van der Waals surface area contributed by atoms with Gasteiger partial charge in [-0.25, -0.2) is 18.6 Å². The van der Waals surface area contributed by atoms with Crippen molar-refractivity contribution in [3.8, 4) is 0 Å². The van der Waals surface area contributed by atoms with Crippen LogP contribution in [0.1, 0.15) is 5.56 Å². The van der Waals surface area contributed by atoms with E-state index in [0.29, 0.717) is 5.56 Å². The molecule has 3 nitrogen and oxygen atoms in total. The van der Waals surface area contributed by atoms with Gasteiger partial charge in [0.15, 0.2) is 0 Å². The van der Waals surface area contributed by atoms with Gasteiger partial charge in [-0.15, -0.1) is 0 Å². The molecule has 0 radical (unpaired) electrons. The maximum Gasteiger partial charge on any atom is 0.347 e. The van der Waals surface area contributed by atoms with E-state index in [4.69, 9.17) is 0 Å². The second-order valence-corrected chi connectivity index (χ2v) is 3.31. The monoisotopic (exact) mass is 222 g/mol. The summed E-state index contributed by atoms with van der Waals surface area (Å²) < 4.78 is 27.0. The van der Waals surface area contributed by atoms with Crippen molar-refractivity contribution < 1.29 is 8.78 Å². The van der Waals surface area contributed by atoms with Gasteiger partial charge in [0.1, 0.15) is 11.6 Å². The van der Waals surface area contributed by atoms with Gasteiger partial charge in [0.05, 0.1) is 6.54 Å². The smallest absolute Gasteiger partial charge is 0.295 e. The van der Waals surface area contributed by atoms with Crippen molar-refractivity contribution >= 4 is 0 Å². The molecule has 0 atom stereocenters. The lowest BCUT2D eigenvalue weighted by Gasteiger charge is -2.04. The Morgan fingerprint density at radius 2 is 1.88 bits per heavy atom. The summed E-state index contributed by atoms with van der Waals surface area (Å²) in [7, 11) is 0. The van der Waals surface area contributed by atoms with Crippen molar-refractivity contribution in [1.82, 2.24) is 9.55 Å². The molecule has 0 aliphatic heterocycles. The molecule has 1 aromatic heterocycles. The second-order valence-electron chi connectivity index (χ2n) is 3.31. The molecule has 0 N–H and O–H groups in total. The number of rotatable bonds is 2. The molecule has 0 aliphatic rings. The van der Waals surface area contributed by atoms with E-state index in [2.05, 4.69) is 4.98 Å². The minimum absolute atomic E-state index is 0.0986. The summed E-state index contributed by atoms with van der Waals surface area (Å²) in [5.41, 5.74) is -0.0697. The van der Waals surface area contributed by atoms with E-state index in [9.17, 15) is 13.6 Å². The molecule has 0 saturated heterocycles. The Hall–Kier alpha value is -2.04. The first-order valence-electron chi connectivity index (χ1n) is 4.61. The fraction of sp³-hybridized carbons (Fsp3) is 0.0909. The van der Waals surface area contributed by atoms with Crippen LogP contribution in [0, 0.1) is 11.6 Å². The lowest BCUT2D eigenvalue weighted by molar-refractivity contribution is 0.576. The fourth-order valence-corrected chi connectivity index (χ4v) is 1.41. The number of hydrogen-bond acceptors (Lipinski definition) is 2. The third kappa shape index (κ3) is 2.31. The Balaban J connectivity index is 2.34. The molecule has 0 unspecified atom stereocenters. The minimum atomic E-state index is -0.660. The van der Waals surface area contributed by atoms with Crippen molar-refractivity contribution in [3.05, 3.63) is 64.3 Å². The molecular formula is C11H8F2N2O. The first-order valence-corrected chi connectivity index (χ1v) is 4.61. The van der Waals surface area contributed by atoms with Gasteiger partial charge in [-0.05, 0) is 23.8 Å². The molecule has 2 aromatic rings. The minimum Gasteiger partial charge on any atom is -0.295 e. The molecule has 1 heterocycles. The highest BCUT2D eigenvalue weighted by molar-refractivity contribution is 5.18. The Labute approximate surface area is 90.0 Å². The van der Waals surface area contributed by atoms with Crippen LogP contribution in [0.3, 0.4) is 0 Å². The number of halogens is 2. The SMILES string of the molecule is O=c1ncccn1Cc1cc(F)cc(F)c1. The summed E-state index contributed by atoms with van der Waals surface area (Å²) in [6, 6.07) is 4.73. The third-order valence-electron chi connectivity index (χ3n) is 2.06. The molecule has 0 saturated carbocycles. The number of nitrogens with zero attached hydrogens (tertiary/aromatic N) is 2. The van der Waals surface area contributed by atoms with E-state index in [1.54, 1.807) is 6.07 Å². The zero-order valence-electron chi connectivity index (χ0n) is 8.23. The maximum atomic E-state index is 12.9. The summed E-state index contributed by atoms with van der Waals surface area (Å²) in [5, 5.41) is 0. The van der Waals surface area contributed by atoms with Crippen molar-refractivity contribution in [1.29, 1.82) is 0 Å². The quantitative estimate of drug-likeness (QED) is 0.773. The number of benzene rings is 1. The number of aromatic nitrogens is 2. The predicted octanol–water partition coefficient (Wildman–Crippen LogP) is 1.57. The molecule has 0 aliphatic carbocycles. The highest BCUT2D eigenvalue weighted by atomic mass is 19.1. The molecular weight excluding hydrogens is 214 g/mol. The summed E-state index contributed by atoms with van der Waals surface area (Å²) in [4.78, 5) is 14.8. The van der Waals surface area contributed by atoms with Crippen molar-refractivity contribution in [2.45, 2.75) is 6.54 Å². The average molecular weight is 222 g/mol. The van der Waals surface area contributed by atoms with Gasteiger partial charge in [-0.3, -0.25) is 4.57 Å². The van der Waals surface area contributed by atoms with Gasteiger partial charge in [0.2, 0.25) is 0 Å². The van der Waals surface area contributed by atoms with Crippen LogP contribution in [0.25, 0.3) is 0 Å². The summed E-state index contributed by atoms with van der Waals surface area (Å²) >= 11 is 0. The fourth-order valence-electron chi connectivity index (χ4n) is 1.41. The van der Waals surface area contributed by atoms with Crippen molar-refractivity contribution in [2.75, 3.05) is 0 Å². The van der Waals surface area contributed by atoms with Crippen LogP contribution >= 0.6 is 0 Å². The van der Waals surface area contributed by atoms with Gasteiger partial charge < -0.3 is 0 Å². The average Bonchev–Trinajstić information content (AvgIpc) is 2.20. The molecule has 2 rings (SSSR count). The Kier molecular flexibility index (Phi) is 2.76. The standard InChI is InChI=1S/C11H8F2N2O/c12-9-4-8(5-10(13)6-9)7-15-3-1-2-14-11(15)16/h1-6H,7H2. The summed E-state index contributed by atoms with van der Waals surface area (Å²) in [6.45, 7) is 0.0986. The summed E-state index contributed by atoms with van der Waals surface area (Å²) in [5.74, 6) is -1.32. The van der Waals surface area contributed by atoms with E-state index in [0.717, 1.165) is 6.07 Å². The first-order chi connectivity index (χ1) is 7.65. The van der Waals surface area contributed by atoms with E-state index in [1.165, 1.54) is 29.1 Å². The largest absolute Gasteiger partial charge is 0.347 e. The van der Waals surface area contributed by atoms with Gasteiger partial charge in [-0.2, -0.15) is 0 Å². The van der Waals surface area contributed by atoms with Crippen LogP contribution in [0.4, 0.5) is 8.78 Å². The normalized spacial score (nSPS) is 10.4. The van der Waals surface area contributed by atoms with Crippen LogP contribution in [-0.4, -0.2) is 9.55 Å².